The molecule has 4 saturated carbocycles. The smallest absolute Gasteiger partial charge is 0.331 e. The molecule has 0 unspecified atom stereocenters. The first kappa shape index (κ1) is 28.0. The minimum absolute atomic E-state index is 0.0655. The summed E-state index contributed by atoms with van der Waals surface area (Å²) in [5.74, 6) is -0.455. The summed E-state index contributed by atoms with van der Waals surface area (Å²) >= 11 is 0. The van der Waals surface area contributed by atoms with Crippen LogP contribution in [-0.4, -0.2) is 97.3 Å². The maximum Gasteiger partial charge on any atom is 0.331 e. The highest BCUT2D eigenvalue weighted by Crippen LogP contribution is 2.70. The van der Waals surface area contributed by atoms with Crippen molar-refractivity contribution in [3.8, 4) is 0 Å². The first-order chi connectivity index (χ1) is 18.2. The molecule has 0 aromatic rings. The Labute approximate surface area is 229 Å². The van der Waals surface area contributed by atoms with Crippen molar-refractivity contribution in [2.75, 3.05) is 6.61 Å². The molecule has 14 atom stereocenters. The standard InChI is InChI=1S/C29H44O10/c1-14-22(32)23(33)24(34)25(38-14)39-16-11-20(30)27(3)18-4-7-26(2)17(15-10-21(31)37-13-15)6-9-29(26,36)19(18)5-8-28(27,35)12-16/h10,14,16-20,22-25,30,32-36H,4-9,11-13H2,1-3H3/t14-,16+,17+,18+,19+,20-,22-,23+,24+,25-,26+,27-,28-,29-/m0/s1. The first-order valence-corrected chi connectivity index (χ1v) is 14.6. The fourth-order valence-electron chi connectivity index (χ4n) is 9.86. The maximum atomic E-state index is 12.4. The molecule has 0 spiro atoms. The molecule has 6 N–H and O–H groups in total. The third-order valence-corrected chi connectivity index (χ3v) is 12.3. The Morgan fingerprint density at radius 2 is 1.67 bits per heavy atom. The highest BCUT2D eigenvalue weighted by atomic mass is 16.7. The van der Waals surface area contributed by atoms with Gasteiger partial charge in [-0.15, -0.1) is 0 Å². The quantitative estimate of drug-likeness (QED) is 0.215. The molecule has 6 rings (SSSR count). The van der Waals surface area contributed by atoms with Gasteiger partial charge in [0.15, 0.2) is 6.29 Å². The Kier molecular flexibility index (Phi) is 6.61. The van der Waals surface area contributed by atoms with Gasteiger partial charge in [-0.1, -0.05) is 13.8 Å². The van der Waals surface area contributed by atoms with Crippen LogP contribution in [0.5, 0.6) is 0 Å². The van der Waals surface area contributed by atoms with E-state index in [1.54, 1.807) is 13.0 Å². The Hall–Kier alpha value is -1.11. The van der Waals surface area contributed by atoms with Gasteiger partial charge in [-0.25, -0.2) is 4.79 Å². The largest absolute Gasteiger partial charge is 0.458 e. The summed E-state index contributed by atoms with van der Waals surface area (Å²) in [7, 11) is 0. The van der Waals surface area contributed by atoms with Crippen molar-refractivity contribution in [3.63, 3.8) is 0 Å². The number of ether oxygens (including phenoxy) is 3. The van der Waals surface area contributed by atoms with Gasteiger partial charge in [0.1, 0.15) is 24.9 Å². The summed E-state index contributed by atoms with van der Waals surface area (Å²) in [5, 5.41) is 66.8. The second kappa shape index (κ2) is 9.19. The van der Waals surface area contributed by atoms with E-state index >= 15 is 0 Å². The lowest BCUT2D eigenvalue weighted by Crippen LogP contribution is -2.71. The predicted molar refractivity (Wildman–Crippen MR) is 136 cm³/mol. The third-order valence-electron chi connectivity index (χ3n) is 12.3. The van der Waals surface area contributed by atoms with E-state index in [0.29, 0.717) is 19.3 Å². The molecule has 0 aromatic carbocycles. The Morgan fingerprint density at radius 1 is 0.949 bits per heavy atom. The van der Waals surface area contributed by atoms with Crippen molar-refractivity contribution in [3.05, 3.63) is 11.6 Å². The lowest BCUT2D eigenvalue weighted by molar-refractivity contribution is -0.329. The summed E-state index contributed by atoms with van der Waals surface area (Å²) in [6.45, 7) is 5.95. The summed E-state index contributed by atoms with van der Waals surface area (Å²) in [6.07, 6.45) is -1.71. The Morgan fingerprint density at radius 3 is 2.36 bits per heavy atom. The highest BCUT2D eigenvalue weighted by molar-refractivity contribution is 5.85. The van der Waals surface area contributed by atoms with Crippen LogP contribution in [0.25, 0.3) is 0 Å². The molecule has 6 aliphatic rings. The van der Waals surface area contributed by atoms with Crippen molar-refractivity contribution < 1.29 is 49.6 Å². The van der Waals surface area contributed by atoms with E-state index in [4.69, 9.17) is 14.2 Å². The van der Waals surface area contributed by atoms with Crippen molar-refractivity contribution in [2.24, 2.45) is 28.6 Å². The molecule has 220 valence electrons. The second-order valence-corrected chi connectivity index (χ2v) is 13.8. The van der Waals surface area contributed by atoms with Gasteiger partial charge in [-0.05, 0) is 68.8 Å². The lowest BCUT2D eigenvalue weighted by Gasteiger charge is -2.67. The molecule has 5 fully saturated rings. The monoisotopic (exact) mass is 552 g/mol. The number of rotatable bonds is 3. The molecule has 4 aliphatic carbocycles. The molecule has 0 amide bonds. The zero-order valence-electron chi connectivity index (χ0n) is 23.0. The topological polar surface area (TPSA) is 166 Å². The maximum absolute atomic E-state index is 12.4. The fraction of sp³-hybridized carbons (Fsp3) is 0.897. The van der Waals surface area contributed by atoms with Crippen LogP contribution in [0.4, 0.5) is 0 Å². The minimum Gasteiger partial charge on any atom is -0.458 e. The van der Waals surface area contributed by atoms with Gasteiger partial charge in [-0.2, -0.15) is 0 Å². The summed E-state index contributed by atoms with van der Waals surface area (Å²) in [4.78, 5) is 11.8. The molecule has 10 nitrogen and oxygen atoms in total. The second-order valence-electron chi connectivity index (χ2n) is 13.8. The van der Waals surface area contributed by atoms with E-state index in [1.165, 1.54) is 0 Å². The van der Waals surface area contributed by atoms with Crippen molar-refractivity contribution in [1.29, 1.82) is 0 Å². The molecule has 39 heavy (non-hydrogen) atoms. The van der Waals surface area contributed by atoms with Crippen molar-refractivity contribution in [2.45, 2.75) is 126 Å². The number of hydrogen-bond acceptors (Lipinski definition) is 10. The van der Waals surface area contributed by atoms with Gasteiger partial charge in [0.2, 0.25) is 0 Å². The van der Waals surface area contributed by atoms with Gasteiger partial charge in [-0.3, -0.25) is 0 Å². The van der Waals surface area contributed by atoms with E-state index in [1.807, 2.05) is 6.92 Å². The SMILES string of the molecule is C[C@@H]1O[C@@H](O[C@@H]2C[C@H](O)[C@]3(C)[C@@H]4CC[C@]5(C)[C@@H](C6=CC(=O)OC6)CC[C@]5(O)[C@@H]4CC[C@]3(O)C2)[C@H](O)[C@H](O)[C@H]1O. The fourth-order valence-corrected chi connectivity index (χ4v) is 9.86. The van der Waals surface area contributed by atoms with Crippen LogP contribution < -0.4 is 0 Å². The van der Waals surface area contributed by atoms with Gasteiger partial charge >= 0.3 is 5.97 Å². The van der Waals surface area contributed by atoms with E-state index < -0.39 is 64.9 Å². The van der Waals surface area contributed by atoms with Gasteiger partial charge in [0.25, 0.3) is 0 Å². The lowest BCUT2D eigenvalue weighted by atomic mass is 9.41. The molecular formula is C29H44O10. The Bertz CT molecular complexity index is 1030. The zero-order chi connectivity index (χ0) is 28.1. The highest BCUT2D eigenvalue weighted by Gasteiger charge is 2.72. The molecule has 10 heteroatoms. The summed E-state index contributed by atoms with van der Waals surface area (Å²) < 4.78 is 16.8. The number of carbonyl (C=O) groups is 1. The normalized spacial score (nSPS) is 57.3. The minimum atomic E-state index is -1.46. The summed E-state index contributed by atoms with van der Waals surface area (Å²) in [6, 6.07) is 0. The van der Waals surface area contributed by atoms with E-state index in [2.05, 4.69) is 6.92 Å². The van der Waals surface area contributed by atoms with Gasteiger partial charge in [0.05, 0.1) is 29.5 Å². The van der Waals surface area contributed by atoms with E-state index in [0.717, 1.165) is 24.8 Å². The zero-order valence-corrected chi connectivity index (χ0v) is 23.0. The van der Waals surface area contributed by atoms with Crippen LogP contribution in [0.15, 0.2) is 11.6 Å². The first-order valence-electron chi connectivity index (χ1n) is 14.6. The Balaban J connectivity index is 1.23. The number of hydrogen-bond donors (Lipinski definition) is 6. The molecule has 2 aliphatic heterocycles. The van der Waals surface area contributed by atoms with Crippen LogP contribution in [0.2, 0.25) is 0 Å². The molecular weight excluding hydrogens is 508 g/mol. The van der Waals surface area contributed by atoms with Crippen molar-refractivity contribution >= 4 is 5.97 Å². The van der Waals surface area contributed by atoms with Crippen LogP contribution in [0, 0.1) is 28.6 Å². The van der Waals surface area contributed by atoms with Crippen LogP contribution in [0.1, 0.15) is 72.1 Å². The summed E-state index contributed by atoms with van der Waals surface area (Å²) in [5.41, 5.74) is -2.55. The van der Waals surface area contributed by atoms with Gasteiger partial charge < -0.3 is 44.8 Å². The molecule has 2 heterocycles. The number of esters is 1. The number of aliphatic hydroxyl groups excluding tert-OH is 4. The average Bonchev–Trinajstić information content (AvgIpc) is 3.42. The molecule has 0 aromatic heterocycles. The third kappa shape index (κ3) is 3.79. The number of fused-ring (bicyclic) bond motifs is 5. The van der Waals surface area contributed by atoms with Crippen LogP contribution >= 0.6 is 0 Å². The number of carbonyl (C=O) groups excluding carboxylic acids is 1. The predicted octanol–water partition coefficient (Wildman–Crippen LogP) is 0.542. The molecule has 0 radical (unpaired) electrons. The van der Waals surface area contributed by atoms with E-state index in [9.17, 15) is 35.4 Å². The molecule has 0 bridgehead atoms. The van der Waals surface area contributed by atoms with E-state index in [-0.39, 0.29) is 43.2 Å². The van der Waals surface area contributed by atoms with Crippen LogP contribution in [-0.2, 0) is 19.0 Å². The number of aliphatic hydroxyl groups is 6. The van der Waals surface area contributed by atoms with Crippen LogP contribution in [0.3, 0.4) is 0 Å². The molecule has 1 saturated heterocycles. The van der Waals surface area contributed by atoms with Crippen molar-refractivity contribution in [1.82, 2.24) is 0 Å². The van der Waals surface area contributed by atoms with Gasteiger partial charge in [0, 0.05) is 29.7 Å². The average molecular weight is 553 g/mol. The number of cyclic esters (lactones) is 1.